The van der Waals surface area contributed by atoms with Crippen molar-refractivity contribution in [3.05, 3.63) is 51.7 Å². The van der Waals surface area contributed by atoms with Gasteiger partial charge in [0.15, 0.2) is 0 Å². The molecule has 3 atom stereocenters. The van der Waals surface area contributed by atoms with Gasteiger partial charge in [-0.2, -0.15) is 11.3 Å². The molecule has 1 unspecified atom stereocenters. The zero-order valence-electron chi connectivity index (χ0n) is 14.1. The van der Waals surface area contributed by atoms with E-state index in [1.54, 1.807) is 11.3 Å². The van der Waals surface area contributed by atoms with E-state index in [0.717, 1.165) is 13.0 Å². The summed E-state index contributed by atoms with van der Waals surface area (Å²) in [5.74, 6) is 0.529. The number of hydrogen-bond donors (Lipinski definition) is 1. The number of anilines is 1. The van der Waals surface area contributed by atoms with Crippen molar-refractivity contribution in [1.82, 2.24) is 0 Å². The number of nitrogens with one attached hydrogen (secondary N) is 1. The zero-order chi connectivity index (χ0) is 16.0. The summed E-state index contributed by atoms with van der Waals surface area (Å²) in [7, 11) is 0. The first kappa shape index (κ1) is 15.2. The van der Waals surface area contributed by atoms with Crippen LogP contribution < -0.4 is 5.32 Å². The molecular formula is C20H25NOS. The predicted octanol–water partition coefficient (Wildman–Crippen LogP) is 5.68. The lowest BCUT2D eigenvalue weighted by Gasteiger charge is -2.43. The smallest absolute Gasteiger partial charge is 0.0895 e. The molecule has 122 valence electrons. The highest BCUT2D eigenvalue weighted by Gasteiger charge is 2.40. The van der Waals surface area contributed by atoms with Gasteiger partial charge in [0, 0.05) is 23.8 Å². The molecule has 2 aromatic rings. The molecule has 1 fully saturated rings. The van der Waals surface area contributed by atoms with Crippen LogP contribution in [-0.4, -0.2) is 6.61 Å². The molecule has 0 amide bonds. The van der Waals surface area contributed by atoms with E-state index in [4.69, 9.17) is 4.74 Å². The Morgan fingerprint density at radius 3 is 2.83 bits per heavy atom. The second-order valence-electron chi connectivity index (χ2n) is 7.83. The average molecular weight is 327 g/mol. The third kappa shape index (κ3) is 2.70. The lowest BCUT2D eigenvalue weighted by Crippen LogP contribution is -2.36. The number of ether oxygens (including phenoxy) is 1. The van der Waals surface area contributed by atoms with Crippen LogP contribution in [0.2, 0.25) is 0 Å². The highest BCUT2D eigenvalue weighted by atomic mass is 32.1. The summed E-state index contributed by atoms with van der Waals surface area (Å²) in [5, 5.41) is 8.25. The Bertz CT molecular complexity index is 686. The summed E-state index contributed by atoms with van der Waals surface area (Å²) in [6, 6.07) is 9.51. The molecule has 1 aromatic heterocycles. The van der Waals surface area contributed by atoms with Crippen molar-refractivity contribution in [3.63, 3.8) is 0 Å². The van der Waals surface area contributed by atoms with Gasteiger partial charge >= 0.3 is 0 Å². The van der Waals surface area contributed by atoms with Crippen LogP contribution in [0.5, 0.6) is 0 Å². The summed E-state index contributed by atoms with van der Waals surface area (Å²) in [5.41, 5.74) is 5.57. The number of hydrogen-bond acceptors (Lipinski definition) is 3. The van der Waals surface area contributed by atoms with Crippen LogP contribution in [-0.2, 0) is 10.2 Å². The Hall–Kier alpha value is -1.32. The standard InChI is InChI=1S/C20H25NOS/c1-20(2,3)14-6-7-17-16(11-14)19-15(5-4-9-22-19)18(21-17)13-8-10-23-12-13/h6-8,10-12,15,18-19,21H,4-5,9H2,1-3H3/t15-,18?,19-/m0/s1. The molecule has 0 spiro atoms. The SMILES string of the molecule is CC(C)(C)c1ccc2c(c1)[C@H]1OCCC[C@H]1C(c1ccsc1)N2. The highest BCUT2D eigenvalue weighted by molar-refractivity contribution is 7.08. The zero-order valence-corrected chi connectivity index (χ0v) is 15.0. The Balaban J connectivity index is 1.78. The molecule has 2 nitrogen and oxygen atoms in total. The van der Waals surface area contributed by atoms with Crippen LogP contribution >= 0.6 is 11.3 Å². The van der Waals surface area contributed by atoms with E-state index in [9.17, 15) is 0 Å². The van der Waals surface area contributed by atoms with Gasteiger partial charge in [-0.15, -0.1) is 0 Å². The maximum absolute atomic E-state index is 6.27. The van der Waals surface area contributed by atoms with Crippen molar-refractivity contribution in [3.8, 4) is 0 Å². The fourth-order valence-electron chi connectivity index (χ4n) is 3.92. The van der Waals surface area contributed by atoms with Crippen LogP contribution in [0.15, 0.2) is 35.0 Å². The molecule has 23 heavy (non-hydrogen) atoms. The molecule has 2 aliphatic rings. The fourth-order valence-corrected chi connectivity index (χ4v) is 4.62. The first-order valence-corrected chi connectivity index (χ1v) is 9.53. The van der Waals surface area contributed by atoms with Crippen molar-refractivity contribution in [2.24, 2.45) is 5.92 Å². The van der Waals surface area contributed by atoms with Gasteiger partial charge in [0.1, 0.15) is 0 Å². The molecule has 1 aromatic carbocycles. The Labute approximate surface area is 142 Å². The van der Waals surface area contributed by atoms with E-state index in [0.29, 0.717) is 12.0 Å². The third-order valence-electron chi connectivity index (χ3n) is 5.23. The quantitative estimate of drug-likeness (QED) is 0.727. The molecule has 4 rings (SSSR count). The van der Waals surface area contributed by atoms with Gasteiger partial charge in [-0.1, -0.05) is 32.9 Å². The van der Waals surface area contributed by atoms with E-state index in [2.05, 4.69) is 61.1 Å². The summed E-state index contributed by atoms with van der Waals surface area (Å²) in [6.07, 6.45) is 2.63. The first-order valence-electron chi connectivity index (χ1n) is 8.59. The van der Waals surface area contributed by atoms with Gasteiger partial charge in [-0.3, -0.25) is 0 Å². The van der Waals surface area contributed by atoms with Gasteiger partial charge < -0.3 is 10.1 Å². The molecule has 1 N–H and O–H groups in total. The second-order valence-corrected chi connectivity index (χ2v) is 8.61. The minimum absolute atomic E-state index is 0.170. The number of rotatable bonds is 1. The van der Waals surface area contributed by atoms with Crippen LogP contribution in [0.25, 0.3) is 0 Å². The van der Waals surface area contributed by atoms with Gasteiger partial charge in [-0.25, -0.2) is 0 Å². The minimum atomic E-state index is 0.170. The van der Waals surface area contributed by atoms with Crippen LogP contribution in [0.3, 0.4) is 0 Å². The van der Waals surface area contributed by atoms with Crippen molar-refractivity contribution in [1.29, 1.82) is 0 Å². The maximum atomic E-state index is 6.27. The van der Waals surface area contributed by atoms with Crippen molar-refractivity contribution in [2.45, 2.75) is 51.2 Å². The lowest BCUT2D eigenvalue weighted by molar-refractivity contribution is -0.0381. The monoisotopic (exact) mass is 327 g/mol. The predicted molar refractivity (Wildman–Crippen MR) is 97.2 cm³/mol. The number of benzene rings is 1. The molecule has 2 aliphatic heterocycles. The number of fused-ring (bicyclic) bond motifs is 3. The Morgan fingerprint density at radius 1 is 1.22 bits per heavy atom. The van der Waals surface area contributed by atoms with E-state index < -0.39 is 0 Å². The van der Waals surface area contributed by atoms with E-state index >= 15 is 0 Å². The van der Waals surface area contributed by atoms with Crippen molar-refractivity contribution < 1.29 is 4.74 Å². The summed E-state index contributed by atoms with van der Waals surface area (Å²) in [4.78, 5) is 0. The van der Waals surface area contributed by atoms with Crippen LogP contribution in [0, 0.1) is 5.92 Å². The molecule has 0 radical (unpaired) electrons. The largest absolute Gasteiger partial charge is 0.378 e. The molecule has 0 bridgehead atoms. The second kappa shape index (κ2) is 5.64. The topological polar surface area (TPSA) is 21.3 Å². The number of thiophene rings is 1. The molecule has 1 saturated heterocycles. The fraction of sp³-hybridized carbons (Fsp3) is 0.500. The summed E-state index contributed by atoms with van der Waals surface area (Å²) < 4.78 is 6.27. The molecular weight excluding hydrogens is 302 g/mol. The van der Waals surface area contributed by atoms with Gasteiger partial charge in [0.05, 0.1) is 12.1 Å². The molecule has 0 aliphatic carbocycles. The van der Waals surface area contributed by atoms with E-state index in [1.807, 2.05) is 0 Å². The summed E-state index contributed by atoms with van der Waals surface area (Å²) in [6.45, 7) is 7.71. The Kier molecular flexibility index (Phi) is 3.73. The minimum Gasteiger partial charge on any atom is -0.378 e. The van der Waals surface area contributed by atoms with Crippen LogP contribution in [0.1, 0.15) is 62.4 Å². The van der Waals surface area contributed by atoms with Crippen LogP contribution in [0.4, 0.5) is 5.69 Å². The van der Waals surface area contributed by atoms with E-state index in [1.165, 1.54) is 28.8 Å². The normalized spacial score (nSPS) is 27.0. The van der Waals surface area contributed by atoms with Gasteiger partial charge in [0.2, 0.25) is 0 Å². The molecule has 0 saturated carbocycles. The average Bonchev–Trinajstić information content (AvgIpc) is 3.07. The first-order chi connectivity index (χ1) is 11.0. The van der Waals surface area contributed by atoms with E-state index in [-0.39, 0.29) is 11.5 Å². The van der Waals surface area contributed by atoms with Gasteiger partial charge in [-0.05, 0) is 52.3 Å². The molecule has 3 heterocycles. The molecule has 3 heteroatoms. The van der Waals surface area contributed by atoms with Gasteiger partial charge in [0.25, 0.3) is 0 Å². The Morgan fingerprint density at radius 2 is 2.09 bits per heavy atom. The maximum Gasteiger partial charge on any atom is 0.0895 e. The highest BCUT2D eigenvalue weighted by Crippen LogP contribution is 2.50. The summed E-state index contributed by atoms with van der Waals surface area (Å²) >= 11 is 1.78. The lowest BCUT2D eigenvalue weighted by atomic mass is 9.76. The third-order valence-corrected chi connectivity index (χ3v) is 5.94. The van der Waals surface area contributed by atoms with Crippen molar-refractivity contribution >= 4 is 17.0 Å². The van der Waals surface area contributed by atoms with Crippen molar-refractivity contribution in [2.75, 3.05) is 11.9 Å².